The summed E-state index contributed by atoms with van der Waals surface area (Å²) in [7, 11) is 0. The summed E-state index contributed by atoms with van der Waals surface area (Å²) in [5.74, 6) is 0.848. The molecular weight excluding hydrogens is 280 g/mol. The highest BCUT2D eigenvalue weighted by molar-refractivity contribution is 5.76. The minimum Gasteiger partial charge on any atom is -0.384 e. The number of rotatable bonds is 3. The number of amides is 1. The quantitative estimate of drug-likeness (QED) is 0.912. The van der Waals surface area contributed by atoms with Gasteiger partial charge in [-0.3, -0.25) is 4.79 Å². The molecule has 3 heterocycles. The Balaban J connectivity index is 1.67. The maximum absolute atomic E-state index is 12.5. The van der Waals surface area contributed by atoms with Crippen LogP contribution in [0.5, 0.6) is 0 Å². The number of nitrogen functional groups attached to an aromatic ring is 1. The van der Waals surface area contributed by atoms with Crippen LogP contribution in [-0.4, -0.2) is 43.6 Å². The first kappa shape index (κ1) is 14.5. The Hall–Kier alpha value is -2.44. The first-order chi connectivity index (χ1) is 10.6. The van der Waals surface area contributed by atoms with Gasteiger partial charge in [-0.25, -0.2) is 14.6 Å². The van der Waals surface area contributed by atoms with E-state index in [2.05, 4.69) is 15.1 Å². The van der Waals surface area contributed by atoms with E-state index in [0.29, 0.717) is 12.4 Å². The molecule has 2 aromatic rings. The number of piperidine rings is 1. The fraction of sp³-hybridized carbons (Fsp3) is 0.467. The van der Waals surface area contributed by atoms with Crippen LogP contribution in [0.2, 0.25) is 0 Å². The molecule has 1 saturated heterocycles. The highest BCUT2D eigenvalue weighted by Crippen LogP contribution is 2.25. The van der Waals surface area contributed by atoms with E-state index in [4.69, 9.17) is 5.73 Å². The molecule has 116 valence electrons. The van der Waals surface area contributed by atoms with Crippen LogP contribution in [0, 0.1) is 6.92 Å². The van der Waals surface area contributed by atoms with Gasteiger partial charge >= 0.3 is 0 Å². The third-order valence-electron chi connectivity index (χ3n) is 4.02. The van der Waals surface area contributed by atoms with Crippen LogP contribution in [0.15, 0.2) is 24.7 Å². The minimum atomic E-state index is 0.0496. The summed E-state index contributed by atoms with van der Waals surface area (Å²) in [6.45, 7) is 3.52. The second-order valence-corrected chi connectivity index (χ2v) is 5.68. The van der Waals surface area contributed by atoms with Gasteiger partial charge in [-0.05, 0) is 25.8 Å². The average Bonchev–Trinajstić information content (AvgIpc) is 2.86. The fourth-order valence-electron chi connectivity index (χ4n) is 2.91. The number of hydrogen-bond donors (Lipinski definition) is 1. The van der Waals surface area contributed by atoms with Crippen LogP contribution in [-0.2, 0) is 11.3 Å². The van der Waals surface area contributed by atoms with Gasteiger partial charge in [-0.2, -0.15) is 5.10 Å². The van der Waals surface area contributed by atoms with E-state index in [1.165, 1.54) is 0 Å². The van der Waals surface area contributed by atoms with Gasteiger partial charge in [0, 0.05) is 37.0 Å². The molecule has 2 aromatic heterocycles. The fourth-order valence-corrected chi connectivity index (χ4v) is 2.91. The Kier molecular flexibility index (Phi) is 4.04. The van der Waals surface area contributed by atoms with E-state index in [1.54, 1.807) is 23.3 Å². The Morgan fingerprint density at radius 3 is 3.05 bits per heavy atom. The summed E-state index contributed by atoms with van der Waals surface area (Å²) in [4.78, 5) is 22.6. The lowest BCUT2D eigenvalue weighted by atomic mass is 9.94. The smallest absolute Gasteiger partial charge is 0.244 e. The van der Waals surface area contributed by atoms with E-state index < -0.39 is 0 Å². The number of aryl methyl sites for hydroxylation is 1. The first-order valence-corrected chi connectivity index (χ1v) is 7.47. The number of aromatic nitrogens is 4. The monoisotopic (exact) mass is 300 g/mol. The number of nitrogens with zero attached hydrogens (tertiary/aromatic N) is 5. The largest absolute Gasteiger partial charge is 0.384 e. The van der Waals surface area contributed by atoms with Crippen LogP contribution in [0.3, 0.4) is 0 Å². The Morgan fingerprint density at radius 2 is 2.36 bits per heavy atom. The van der Waals surface area contributed by atoms with Gasteiger partial charge in [-0.1, -0.05) is 0 Å². The van der Waals surface area contributed by atoms with Crippen molar-refractivity contribution in [1.29, 1.82) is 0 Å². The molecule has 7 nitrogen and oxygen atoms in total. The Labute approximate surface area is 129 Å². The van der Waals surface area contributed by atoms with Gasteiger partial charge in [0.25, 0.3) is 0 Å². The molecule has 1 aliphatic rings. The van der Waals surface area contributed by atoms with E-state index in [-0.39, 0.29) is 18.4 Å². The molecule has 22 heavy (non-hydrogen) atoms. The summed E-state index contributed by atoms with van der Waals surface area (Å²) in [6, 6.07) is 3.70. The highest BCUT2D eigenvalue weighted by atomic mass is 16.2. The molecule has 3 rings (SSSR count). The lowest BCUT2D eigenvalue weighted by Gasteiger charge is -2.32. The summed E-state index contributed by atoms with van der Waals surface area (Å²) >= 11 is 0. The lowest BCUT2D eigenvalue weighted by Crippen LogP contribution is -2.41. The molecule has 1 aliphatic heterocycles. The van der Waals surface area contributed by atoms with Crippen molar-refractivity contribution >= 4 is 11.7 Å². The predicted octanol–water partition coefficient (Wildman–Crippen LogP) is 0.970. The molecule has 0 bridgehead atoms. The van der Waals surface area contributed by atoms with Gasteiger partial charge in [-0.15, -0.1) is 0 Å². The topological polar surface area (TPSA) is 89.9 Å². The molecule has 0 saturated carbocycles. The van der Waals surface area contributed by atoms with Crippen LogP contribution in [0.1, 0.15) is 30.1 Å². The number of anilines is 1. The van der Waals surface area contributed by atoms with Crippen LogP contribution >= 0.6 is 0 Å². The molecule has 1 fully saturated rings. The zero-order valence-electron chi connectivity index (χ0n) is 12.6. The third kappa shape index (κ3) is 3.08. The van der Waals surface area contributed by atoms with Crippen molar-refractivity contribution in [3.8, 4) is 0 Å². The first-order valence-electron chi connectivity index (χ1n) is 7.47. The van der Waals surface area contributed by atoms with Crippen molar-refractivity contribution in [3.05, 3.63) is 36.0 Å². The molecule has 2 N–H and O–H groups in total. The Bertz CT molecular complexity index is 653. The molecular formula is C15H20N6O. The zero-order valence-corrected chi connectivity index (χ0v) is 12.6. The van der Waals surface area contributed by atoms with Gasteiger partial charge in [0.1, 0.15) is 18.7 Å². The molecule has 7 heteroatoms. The maximum Gasteiger partial charge on any atom is 0.244 e. The second kappa shape index (κ2) is 6.13. The number of nitrogens with two attached hydrogens (primary N) is 1. The molecule has 0 unspecified atom stereocenters. The highest BCUT2D eigenvalue weighted by Gasteiger charge is 2.26. The molecule has 0 radical (unpaired) electrons. The van der Waals surface area contributed by atoms with Crippen molar-refractivity contribution in [3.63, 3.8) is 0 Å². The number of carbonyl (C=O) groups is 1. The van der Waals surface area contributed by atoms with Gasteiger partial charge in [0.05, 0.1) is 5.69 Å². The van der Waals surface area contributed by atoms with Crippen LogP contribution < -0.4 is 5.73 Å². The predicted molar refractivity (Wildman–Crippen MR) is 82.0 cm³/mol. The maximum atomic E-state index is 12.5. The normalized spacial score (nSPS) is 18.4. The standard InChI is InChI=1S/C15H20N6O/c1-11-7-14(16)21(19-11)9-15(22)20-6-2-3-12(8-20)13-4-5-17-10-18-13/h4-5,7,10,12H,2-3,6,8-9,16H2,1H3/t12-/m0/s1. The molecule has 0 spiro atoms. The second-order valence-electron chi connectivity index (χ2n) is 5.68. The van der Waals surface area contributed by atoms with Crippen molar-refractivity contribution in [2.45, 2.75) is 32.2 Å². The summed E-state index contributed by atoms with van der Waals surface area (Å²) in [5, 5.41) is 4.25. The van der Waals surface area contributed by atoms with Crippen molar-refractivity contribution in [2.24, 2.45) is 0 Å². The number of hydrogen-bond acceptors (Lipinski definition) is 5. The number of carbonyl (C=O) groups excluding carboxylic acids is 1. The molecule has 1 atom stereocenters. The van der Waals surface area contributed by atoms with E-state index in [9.17, 15) is 4.79 Å². The summed E-state index contributed by atoms with van der Waals surface area (Å²) in [6.07, 6.45) is 5.33. The van der Waals surface area contributed by atoms with Gasteiger partial charge in [0.15, 0.2) is 0 Å². The third-order valence-corrected chi connectivity index (χ3v) is 4.02. The average molecular weight is 300 g/mol. The van der Waals surface area contributed by atoms with Crippen molar-refractivity contribution in [1.82, 2.24) is 24.6 Å². The summed E-state index contributed by atoms with van der Waals surface area (Å²) < 4.78 is 1.56. The molecule has 1 amide bonds. The van der Waals surface area contributed by atoms with E-state index >= 15 is 0 Å². The van der Waals surface area contributed by atoms with Gasteiger partial charge in [0.2, 0.25) is 5.91 Å². The molecule has 0 aliphatic carbocycles. The number of likely N-dealkylation sites (tertiary alicyclic amines) is 1. The van der Waals surface area contributed by atoms with Crippen LogP contribution in [0.4, 0.5) is 5.82 Å². The lowest BCUT2D eigenvalue weighted by molar-refractivity contribution is -0.133. The van der Waals surface area contributed by atoms with E-state index in [0.717, 1.165) is 30.8 Å². The molecule has 0 aromatic carbocycles. The van der Waals surface area contributed by atoms with Gasteiger partial charge < -0.3 is 10.6 Å². The van der Waals surface area contributed by atoms with Crippen molar-refractivity contribution < 1.29 is 4.79 Å². The SMILES string of the molecule is Cc1cc(N)n(CC(=O)N2CCC[C@H](c3ccncn3)C2)n1. The van der Waals surface area contributed by atoms with Crippen LogP contribution in [0.25, 0.3) is 0 Å². The zero-order chi connectivity index (χ0) is 15.5. The Morgan fingerprint density at radius 1 is 1.50 bits per heavy atom. The van der Waals surface area contributed by atoms with E-state index in [1.807, 2.05) is 17.9 Å². The minimum absolute atomic E-state index is 0.0496. The van der Waals surface area contributed by atoms with Crippen molar-refractivity contribution in [2.75, 3.05) is 18.8 Å². The summed E-state index contributed by atoms with van der Waals surface area (Å²) in [5.41, 5.74) is 7.67.